The molecule has 1 amide bonds. The van der Waals surface area contributed by atoms with Crippen molar-refractivity contribution >= 4 is 5.91 Å². The molecule has 1 unspecified atom stereocenters. The molecular weight excluding hydrogens is 338 g/mol. The highest BCUT2D eigenvalue weighted by Crippen LogP contribution is 2.35. The van der Waals surface area contributed by atoms with Crippen LogP contribution < -0.4 is 5.73 Å². The normalized spacial score (nSPS) is 29.6. The summed E-state index contributed by atoms with van der Waals surface area (Å²) in [5.41, 5.74) is 6.94. The number of nitrogens with two attached hydrogens (primary N) is 1. The van der Waals surface area contributed by atoms with E-state index in [2.05, 4.69) is 0 Å². The third-order valence-corrected chi connectivity index (χ3v) is 5.77. The maximum atomic E-state index is 13.4. The second-order valence-electron chi connectivity index (χ2n) is 7.60. The van der Waals surface area contributed by atoms with Crippen LogP contribution in [0.2, 0.25) is 0 Å². The number of benzene rings is 1. The first-order valence-electron chi connectivity index (χ1n) is 9.54. The highest BCUT2D eigenvalue weighted by molar-refractivity contribution is 5.73. The predicted molar refractivity (Wildman–Crippen MR) is 95.7 cm³/mol. The van der Waals surface area contributed by atoms with Crippen LogP contribution in [0.15, 0.2) is 18.2 Å². The van der Waals surface area contributed by atoms with E-state index in [0.717, 1.165) is 56.7 Å². The number of piperidine rings is 1. The molecule has 1 aromatic rings. The molecular formula is C20H28F2N2O2. The van der Waals surface area contributed by atoms with Crippen LogP contribution in [0.4, 0.5) is 8.78 Å². The van der Waals surface area contributed by atoms with Gasteiger partial charge in [0.05, 0.1) is 18.8 Å². The minimum Gasteiger partial charge on any atom is -0.376 e. The average Bonchev–Trinajstić information content (AvgIpc) is 2.60. The summed E-state index contributed by atoms with van der Waals surface area (Å²) in [6, 6.07) is 3.67. The summed E-state index contributed by atoms with van der Waals surface area (Å²) in [7, 11) is 0. The Bertz CT molecular complexity index is 612. The summed E-state index contributed by atoms with van der Waals surface area (Å²) in [5.74, 6) is -0.820. The van der Waals surface area contributed by atoms with Gasteiger partial charge in [0, 0.05) is 25.6 Å². The van der Waals surface area contributed by atoms with E-state index in [0.29, 0.717) is 6.61 Å². The van der Waals surface area contributed by atoms with E-state index >= 15 is 0 Å². The molecule has 2 atom stereocenters. The van der Waals surface area contributed by atoms with Crippen LogP contribution in [0.5, 0.6) is 0 Å². The molecule has 144 valence electrons. The number of amides is 1. The molecule has 1 saturated heterocycles. The Morgan fingerprint density at radius 1 is 1.15 bits per heavy atom. The van der Waals surface area contributed by atoms with E-state index in [1.807, 2.05) is 4.90 Å². The Labute approximate surface area is 153 Å². The van der Waals surface area contributed by atoms with Gasteiger partial charge in [-0.05, 0) is 62.1 Å². The van der Waals surface area contributed by atoms with Crippen molar-refractivity contribution in [1.29, 1.82) is 0 Å². The number of rotatable bonds is 4. The highest BCUT2D eigenvalue weighted by Gasteiger charge is 2.32. The maximum absolute atomic E-state index is 13.4. The Balaban J connectivity index is 1.51. The molecule has 1 saturated carbocycles. The molecule has 0 aromatic heterocycles. The lowest BCUT2D eigenvalue weighted by molar-refractivity contribution is -0.135. The van der Waals surface area contributed by atoms with Gasteiger partial charge in [0.25, 0.3) is 0 Å². The molecule has 6 heteroatoms. The molecule has 1 aliphatic carbocycles. The van der Waals surface area contributed by atoms with Crippen LogP contribution in [0.1, 0.15) is 56.9 Å². The third-order valence-electron chi connectivity index (χ3n) is 5.77. The van der Waals surface area contributed by atoms with E-state index in [9.17, 15) is 13.6 Å². The Morgan fingerprint density at radius 2 is 1.81 bits per heavy atom. The molecule has 1 aromatic carbocycles. The number of carbonyl (C=O) groups is 1. The van der Waals surface area contributed by atoms with Crippen LogP contribution in [0.3, 0.4) is 0 Å². The van der Waals surface area contributed by atoms with Crippen LogP contribution in [-0.4, -0.2) is 42.1 Å². The summed E-state index contributed by atoms with van der Waals surface area (Å²) in [5, 5.41) is 0. The van der Waals surface area contributed by atoms with Crippen molar-refractivity contribution in [2.45, 2.75) is 69.6 Å². The molecule has 2 aliphatic rings. The number of hydrogen-bond acceptors (Lipinski definition) is 3. The second kappa shape index (κ2) is 8.44. The topological polar surface area (TPSA) is 55.6 Å². The van der Waals surface area contributed by atoms with Crippen molar-refractivity contribution in [2.24, 2.45) is 5.73 Å². The van der Waals surface area contributed by atoms with Crippen LogP contribution in [-0.2, 0) is 9.53 Å². The van der Waals surface area contributed by atoms with E-state index in [-0.39, 0.29) is 30.0 Å². The van der Waals surface area contributed by atoms with E-state index in [4.69, 9.17) is 10.5 Å². The molecule has 0 radical (unpaired) electrons. The predicted octanol–water partition coefficient (Wildman–Crippen LogP) is 3.35. The van der Waals surface area contributed by atoms with Crippen molar-refractivity contribution in [1.82, 2.24) is 4.90 Å². The zero-order valence-electron chi connectivity index (χ0n) is 15.3. The lowest BCUT2D eigenvalue weighted by Gasteiger charge is -2.40. The molecule has 4 nitrogen and oxygen atoms in total. The maximum Gasteiger partial charge on any atom is 0.219 e. The lowest BCUT2D eigenvalue weighted by Crippen LogP contribution is -2.56. The zero-order valence-corrected chi connectivity index (χ0v) is 15.3. The summed E-state index contributed by atoms with van der Waals surface area (Å²) >= 11 is 0. The fraction of sp³-hybridized carbons (Fsp3) is 0.650. The Kier molecular flexibility index (Phi) is 6.24. The first kappa shape index (κ1) is 19.2. The van der Waals surface area contributed by atoms with Gasteiger partial charge in [-0.15, -0.1) is 0 Å². The van der Waals surface area contributed by atoms with Crippen molar-refractivity contribution in [3.63, 3.8) is 0 Å². The Morgan fingerprint density at radius 3 is 2.42 bits per heavy atom. The third kappa shape index (κ3) is 4.60. The van der Waals surface area contributed by atoms with Crippen LogP contribution in [0, 0.1) is 11.6 Å². The first-order chi connectivity index (χ1) is 12.4. The second-order valence-corrected chi connectivity index (χ2v) is 7.60. The van der Waals surface area contributed by atoms with Gasteiger partial charge in [-0.1, -0.05) is 0 Å². The number of ether oxygens (including phenoxy) is 1. The minimum absolute atomic E-state index is 0.0424. The molecule has 3 rings (SSSR count). The number of halogens is 2. The van der Waals surface area contributed by atoms with Crippen LogP contribution in [0.25, 0.3) is 0 Å². The summed E-state index contributed by atoms with van der Waals surface area (Å²) in [6.07, 6.45) is 5.37. The summed E-state index contributed by atoms with van der Waals surface area (Å²) in [6.45, 7) is 2.79. The number of likely N-dealkylation sites (tertiary alicyclic amines) is 1. The van der Waals surface area contributed by atoms with Gasteiger partial charge in [-0.25, -0.2) is 8.78 Å². The van der Waals surface area contributed by atoms with Gasteiger partial charge < -0.3 is 15.4 Å². The Hall–Kier alpha value is -1.53. The van der Waals surface area contributed by atoms with Crippen LogP contribution >= 0.6 is 0 Å². The standard InChI is InChI=1S/C20H28F2N2O2/c1-13(25)24-8-2-3-19(23)20(24)12-26-18-6-4-14(5-7-18)15-9-16(21)11-17(22)10-15/h9-11,14,18-20H,2-8,12,23H2,1H3/t14-,18+,19?,20-/m0/s1. The SMILES string of the molecule is CC(=O)N1CCCC(N)[C@@H]1CO[C@H]1CC[C@@H](c2cc(F)cc(F)c2)CC1. The van der Waals surface area contributed by atoms with Crippen molar-refractivity contribution < 1.29 is 18.3 Å². The van der Waals surface area contributed by atoms with Gasteiger partial charge in [0.1, 0.15) is 11.6 Å². The van der Waals surface area contributed by atoms with Crippen molar-refractivity contribution in [3.8, 4) is 0 Å². The van der Waals surface area contributed by atoms with Crippen molar-refractivity contribution in [2.75, 3.05) is 13.2 Å². The largest absolute Gasteiger partial charge is 0.376 e. The van der Waals surface area contributed by atoms with Gasteiger partial charge in [-0.3, -0.25) is 4.79 Å². The smallest absolute Gasteiger partial charge is 0.219 e. The fourth-order valence-electron chi connectivity index (χ4n) is 4.30. The molecule has 26 heavy (non-hydrogen) atoms. The molecule has 1 aliphatic heterocycles. The average molecular weight is 366 g/mol. The first-order valence-corrected chi connectivity index (χ1v) is 9.54. The minimum atomic E-state index is -0.519. The molecule has 0 bridgehead atoms. The van der Waals surface area contributed by atoms with E-state index in [1.54, 1.807) is 6.92 Å². The zero-order chi connectivity index (χ0) is 18.7. The van der Waals surface area contributed by atoms with Gasteiger partial charge in [-0.2, -0.15) is 0 Å². The fourth-order valence-corrected chi connectivity index (χ4v) is 4.30. The number of nitrogens with zero attached hydrogens (tertiary/aromatic N) is 1. The quantitative estimate of drug-likeness (QED) is 0.889. The lowest BCUT2D eigenvalue weighted by atomic mass is 9.82. The van der Waals surface area contributed by atoms with E-state index < -0.39 is 11.6 Å². The van der Waals surface area contributed by atoms with Crippen molar-refractivity contribution in [3.05, 3.63) is 35.4 Å². The number of hydrogen-bond donors (Lipinski definition) is 1. The molecule has 2 N–H and O–H groups in total. The highest BCUT2D eigenvalue weighted by atomic mass is 19.1. The van der Waals surface area contributed by atoms with Gasteiger partial charge in [0.15, 0.2) is 0 Å². The van der Waals surface area contributed by atoms with Gasteiger partial charge in [0.2, 0.25) is 5.91 Å². The van der Waals surface area contributed by atoms with E-state index in [1.165, 1.54) is 12.1 Å². The summed E-state index contributed by atoms with van der Waals surface area (Å²) in [4.78, 5) is 13.6. The molecule has 2 fully saturated rings. The van der Waals surface area contributed by atoms with Gasteiger partial charge >= 0.3 is 0 Å². The molecule has 1 heterocycles. The summed E-state index contributed by atoms with van der Waals surface area (Å²) < 4.78 is 32.9. The monoisotopic (exact) mass is 366 g/mol. The molecule has 0 spiro atoms. The number of carbonyl (C=O) groups excluding carboxylic acids is 1.